The number of allylic oxidation sites excluding steroid dienone is 2. The van der Waals surface area contributed by atoms with Gasteiger partial charge in [-0.2, -0.15) is 0 Å². The van der Waals surface area contributed by atoms with Gasteiger partial charge in [-0.15, -0.1) is 0 Å². The number of amidine groups is 1. The lowest BCUT2D eigenvalue weighted by molar-refractivity contribution is -0.0539. The highest BCUT2D eigenvalue weighted by Gasteiger charge is 2.59. The maximum absolute atomic E-state index is 4.91. The fourth-order valence-electron chi connectivity index (χ4n) is 9.33. The number of rotatable bonds is 5. The largest absolute Gasteiger partial charge is 0.334 e. The van der Waals surface area contributed by atoms with Gasteiger partial charge in [0.05, 0.1) is 0 Å². The van der Waals surface area contributed by atoms with Crippen molar-refractivity contribution in [2.45, 2.75) is 105 Å². The van der Waals surface area contributed by atoms with Crippen molar-refractivity contribution in [1.82, 2.24) is 4.90 Å². The third-order valence-electron chi connectivity index (χ3n) is 10.9. The van der Waals surface area contributed by atoms with E-state index in [2.05, 4.69) is 45.6 Å². The molecule has 0 unspecified atom stereocenters. The summed E-state index contributed by atoms with van der Waals surface area (Å²) < 4.78 is 0. The molecule has 2 heterocycles. The van der Waals surface area contributed by atoms with Gasteiger partial charge in [0, 0.05) is 30.6 Å². The highest BCUT2D eigenvalue weighted by atomic mass is 15.2. The van der Waals surface area contributed by atoms with Gasteiger partial charge in [0.2, 0.25) is 0 Å². The molecule has 0 amide bonds. The maximum Gasteiger partial charge on any atom is 0.103 e. The van der Waals surface area contributed by atoms with Gasteiger partial charge in [-0.1, -0.05) is 60.0 Å². The SMILES string of the molecule is CC(C)CCC[C@@H](C)[C@H]1CC[C@H]2[C@H]3CC=C4N5CCCN=C5CC[C@]4(C)[C@@H]3CC[C@]12C. The minimum Gasteiger partial charge on any atom is -0.334 e. The van der Waals surface area contributed by atoms with Crippen LogP contribution in [0.25, 0.3) is 0 Å². The van der Waals surface area contributed by atoms with Crippen molar-refractivity contribution in [2.75, 3.05) is 13.1 Å². The summed E-state index contributed by atoms with van der Waals surface area (Å²) >= 11 is 0. The number of piperidine rings is 1. The van der Waals surface area contributed by atoms with E-state index in [1.54, 1.807) is 5.70 Å². The standard InChI is InChI=1S/C29H48N2/c1-20(2)8-6-9-21(3)23-11-12-24-22-10-13-26-29(5,25(22)14-16-28(23,24)4)17-15-27-30-18-7-19-31(26)27/h13,20-25H,6-12,14-19H2,1-5H3/t21-,22-,23-,24+,25-,28-,29-/m1/s1. The number of aliphatic imine (C=N–C) groups is 1. The van der Waals surface area contributed by atoms with Crippen LogP contribution < -0.4 is 0 Å². The molecule has 0 radical (unpaired) electrons. The van der Waals surface area contributed by atoms with Gasteiger partial charge in [0.15, 0.2) is 0 Å². The Hall–Kier alpha value is -0.790. The van der Waals surface area contributed by atoms with E-state index in [1.807, 2.05) is 0 Å². The van der Waals surface area contributed by atoms with E-state index < -0.39 is 0 Å². The Morgan fingerprint density at radius 1 is 1.06 bits per heavy atom. The van der Waals surface area contributed by atoms with Gasteiger partial charge in [-0.25, -0.2) is 0 Å². The third kappa shape index (κ3) is 3.54. The van der Waals surface area contributed by atoms with Crippen LogP contribution in [0.3, 0.4) is 0 Å². The molecule has 2 heteroatoms. The van der Waals surface area contributed by atoms with E-state index in [0.29, 0.717) is 10.8 Å². The fraction of sp³-hybridized carbons (Fsp3) is 0.897. The second-order valence-electron chi connectivity index (χ2n) is 13.0. The Labute approximate surface area is 192 Å². The highest BCUT2D eigenvalue weighted by Crippen LogP contribution is 2.67. The highest BCUT2D eigenvalue weighted by molar-refractivity contribution is 5.86. The number of nitrogens with zero attached hydrogens (tertiary/aromatic N) is 2. The molecule has 2 aliphatic heterocycles. The summed E-state index contributed by atoms with van der Waals surface area (Å²) in [4.78, 5) is 7.57. The maximum atomic E-state index is 4.91. The van der Waals surface area contributed by atoms with Crippen LogP contribution in [-0.4, -0.2) is 23.8 Å². The van der Waals surface area contributed by atoms with Gasteiger partial charge in [0.1, 0.15) is 5.84 Å². The molecule has 3 fully saturated rings. The molecule has 0 aromatic heterocycles. The minimum atomic E-state index is 0.404. The molecule has 1 saturated heterocycles. The molecule has 31 heavy (non-hydrogen) atoms. The molecule has 5 aliphatic rings. The second-order valence-corrected chi connectivity index (χ2v) is 13.0. The summed E-state index contributed by atoms with van der Waals surface area (Å²) in [6.07, 6.45) is 18.1. The Morgan fingerprint density at radius 3 is 2.71 bits per heavy atom. The monoisotopic (exact) mass is 424 g/mol. The van der Waals surface area contributed by atoms with Crippen molar-refractivity contribution in [1.29, 1.82) is 0 Å². The van der Waals surface area contributed by atoms with Crippen LogP contribution in [0.5, 0.6) is 0 Å². The van der Waals surface area contributed by atoms with Crippen LogP contribution in [0.1, 0.15) is 105 Å². The Balaban J connectivity index is 1.35. The summed E-state index contributed by atoms with van der Waals surface area (Å²) in [6.45, 7) is 15.0. The fourth-order valence-corrected chi connectivity index (χ4v) is 9.33. The number of fused-ring (bicyclic) bond motifs is 7. The molecule has 0 bridgehead atoms. The van der Waals surface area contributed by atoms with E-state index in [4.69, 9.17) is 4.99 Å². The summed E-state index contributed by atoms with van der Waals surface area (Å²) in [5.74, 6) is 6.96. The quantitative estimate of drug-likeness (QED) is 0.441. The molecular formula is C29H48N2. The summed E-state index contributed by atoms with van der Waals surface area (Å²) in [5.41, 5.74) is 2.69. The number of hydrogen-bond donors (Lipinski definition) is 0. The molecular weight excluding hydrogens is 376 g/mol. The average molecular weight is 425 g/mol. The summed E-state index contributed by atoms with van der Waals surface area (Å²) in [6, 6.07) is 0. The smallest absolute Gasteiger partial charge is 0.103 e. The average Bonchev–Trinajstić information content (AvgIpc) is 3.10. The van der Waals surface area contributed by atoms with E-state index in [0.717, 1.165) is 42.1 Å². The zero-order valence-corrected chi connectivity index (χ0v) is 21.1. The number of hydrogen-bond acceptors (Lipinski definition) is 2. The predicted octanol–water partition coefficient (Wildman–Crippen LogP) is 7.70. The molecule has 2 nitrogen and oxygen atoms in total. The minimum absolute atomic E-state index is 0.404. The molecule has 2 saturated carbocycles. The van der Waals surface area contributed by atoms with Crippen molar-refractivity contribution >= 4 is 5.84 Å². The summed E-state index contributed by atoms with van der Waals surface area (Å²) in [5, 5.41) is 0. The molecule has 7 atom stereocenters. The van der Waals surface area contributed by atoms with E-state index in [9.17, 15) is 0 Å². The lowest BCUT2D eigenvalue weighted by Gasteiger charge is -2.60. The van der Waals surface area contributed by atoms with Gasteiger partial charge in [0.25, 0.3) is 0 Å². The topological polar surface area (TPSA) is 15.6 Å². The van der Waals surface area contributed by atoms with Gasteiger partial charge in [-0.05, 0) is 85.9 Å². The van der Waals surface area contributed by atoms with Crippen LogP contribution in [0, 0.1) is 46.3 Å². The second kappa shape index (κ2) is 8.21. The first-order valence-electron chi connectivity index (χ1n) is 13.9. The zero-order valence-electron chi connectivity index (χ0n) is 21.1. The Kier molecular flexibility index (Phi) is 5.83. The van der Waals surface area contributed by atoms with E-state index in [1.165, 1.54) is 83.0 Å². The van der Waals surface area contributed by atoms with E-state index >= 15 is 0 Å². The molecule has 0 N–H and O–H groups in total. The van der Waals surface area contributed by atoms with Crippen LogP contribution in [0.15, 0.2) is 16.8 Å². The molecule has 3 aliphatic carbocycles. The normalized spacial score (nSPS) is 42.8. The molecule has 0 aromatic rings. The molecule has 0 spiro atoms. The van der Waals surface area contributed by atoms with Crippen LogP contribution >= 0.6 is 0 Å². The third-order valence-corrected chi connectivity index (χ3v) is 10.9. The summed E-state index contributed by atoms with van der Waals surface area (Å²) in [7, 11) is 0. The lowest BCUT2D eigenvalue weighted by Crippen LogP contribution is -2.55. The van der Waals surface area contributed by atoms with Crippen molar-refractivity contribution in [2.24, 2.45) is 51.3 Å². The lowest BCUT2D eigenvalue weighted by atomic mass is 9.48. The zero-order chi connectivity index (χ0) is 21.8. The first-order chi connectivity index (χ1) is 14.8. The molecule has 0 aromatic carbocycles. The van der Waals surface area contributed by atoms with Gasteiger partial charge in [-0.3, -0.25) is 4.99 Å². The van der Waals surface area contributed by atoms with Gasteiger partial charge >= 0.3 is 0 Å². The van der Waals surface area contributed by atoms with Crippen molar-refractivity contribution in [3.8, 4) is 0 Å². The Morgan fingerprint density at radius 2 is 1.90 bits per heavy atom. The van der Waals surface area contributed by atoms with Gasteiger partial charge < -0.3 is 4.90 Å². The van der Waals surface area contributed by atoms with Crippen molar-refractivity contribution in [3.05, 3.63) is 11.8 Å². The Bertz CT molecular complexity index is 735. The first kappa shape index (κ1) is 22.0. The van der Waals surface area contributed by atoms with Crippen LogP contribution in [0.2, 0.25) is 0 Å². The van der Waals surface area contributed by atoms with Crippen LogP contribution in [0.4, 0.5) is 0 Å². The van der Waals surface area contributed by atoms with E-state index in [-0.39, 0.29) is 0 Å². The first-order valence-corrected chi connectivity index (χ1v) is 13.9. The van der Waals surface area contributed by atoms with Crippen molar-refractivity contribution < 1.29 is 0 Å². The van der Waals surface area contributed by atoms with Crippen molar-refractivity contribution in [3.63, 3.8) is 0 Å². The molecule has 5 rings (SSSR count). The molecule has 174 valence electrons. The van der Waals surface area contributed by atoms with Crippen LogP contribution in [-0.2, 0) is 0 Å². The predicted molar refractivity (Wildman–Crippen MR) is 132 cm³/mol.